The third-order valence-electron chi connectivity index (χ3n) is 2.82. The molecule has 0 atom stereocenters. The number of rotatable bonds is 3. The molecular weight excluding hydrogens is 358 g/mol. The van der Waals surface area contributed by atoms with Crippen molar-refractivity contribution >= 4 is 45.1 Å². The van der Waals surface area contributed by atoms with E-state index in [4.69, 9.17) is 16.7 Å². The molecule has 21 heavy (non-hydrogen) atoms. The molecule has 0 aliphatic carbocycles. The first-order valence-corrected chi connectivity index (χ1v) is 7.16. The zero-order chi connectivity index (χ0) is 15.6. The Morgan fingerprint density at radius 1 is 1.14 bits per heavy atom. The van der Waals surface area contributed by atoms with Crippen LogP contribution < -0.4 is 5.32 Å². The van der Waals surface area contributed by atoms with Crippen molar-refractivity contribution in [2.24, 2.45) is 0 Å². The normalized spacial score (nSPS) is 10.2. The molecule has 0 heterocycles. The van der Waals surface area contributed by atoms with Crippen LogP contribution in [0.2, 0.25) is 5.02 Å². The minimum absolute atomic E-state index is 0.0579. The van der Waals surface area contributed by atoms with Gasteiger partial charge in [-0.15, -0.1) is 0 Å². The summed E-state index contributed by atoms with van der Waals surface area (Å²) in [6.45, 7) is 1.92. The van der Waals surface area contributed by atoms with Crippen LogP contribution >= 0.6 is 27.5 Å². The maximum Gasteiger partial charge on any atom is 0.337 e. The van der Waals surface area contributed by atoms with Crippen LogP contribution in [0.1, 0.15) is 26.3 Å². The molecule has 6 heteroatoms. The fraction of sp³-hybridized carbons (Fsp3) is 0.0667. The maximum absolute atomic E-state index is 12.2. The van der Waals surface area contributed by atoms with Gasteiger partial charge in [0.2, 0.25) is 0 Å². The van der Waals surface area contributed by atoms with Crippen LogP contribution in [0.25, 0.3) is 0 Å². The highest BCUT2D eigenvalue weighted by Crippen LogP contribution is 2.23. The average Bonchev–Trinajstić information content (AvgIpc) is 2.40. The van der Waals surface area contributed by atoms with Gasteiger partial charge in [0.15, 0.2) is 0 Å². The lowest BCUT2D eigenvalue weighted by Crippen LogP contribution is -2.13. The summed E-state index contributed by atoms with van der Waals surface area (Å²) in [5, 5.41) is 11.8. The minimum atomic E-state index is -1.15. The predicted octanol–water partition coefficient (Wildman–Crippen LogP) is 4.36. The van der Waals surface area contributed by atoms with E-state index in [1.807, 2.05) is 19.1 Å². The molecule has 2 aromatic carbocycles. The van der Waals surface area contributed by atoms with Crippen LogP contribution in [-0.4, -0.2) is 17.0 Å². The lowest BCUT2D eigenvalue weighted by atomic mass is 10.1. The van der Waals surface area contributed by atoms with E-state index in [0.717, 1.165) is 5.56 Å². The third-order valence-corrected chi connectivity index (χ3v) is 3.81. The second-order valence-corrected chi connectivity index (χ2v) is 5.70. The van der Waals surface area contributed by atoms with E-state index in [-0.39, 0.29) is 16.5 Å². The predicted molar refractivity (Wildman–Crippen MR) is 85.2 cm³/mol. The smallest absolute Gasteiger partial charge is 0.337 e. The Kier molecular flexibility index (Phi) is 4.65. The van der Waals surface area contributed by atoms with Crippen molar-refractivity contribution in [1.82, 2.24) is 0 Å². The van der Waals surface area contributed by atoms with E-state index in [9.17, 15) is 9.59 Å². The summed E-state index contributed by atoms with van der Waals surface area (Å²) in [5.74, 6) is -1.48. The zero-order valence-corrected chi connectivity index (χ0v) is 13.3. The molecule has 0 aliphatic rings. The number of carboxylic acids is 1. The second-order valence-electron chi connectivity index (χ2n) is 4.44. The number of hydrogen-bond acceptors (Lipinski definition) is 2. The van der Waals surface area contributed by atoms with Crippen LogP contribution in [0, 0.1) is 6.92 Å². The zero-order valence-electron chi connectivity index (χ0n) is 11.0. The summed E-state index contributed by atoms with van der Waals surface area (Å²) >= 11 is 9.12. The van der Waals surface area contributed by atoms with Gasteiger partial charge in [-0.05, 0) is 58.7 Å². The van der Waals surface area contributed by atoms with E-state index in [0.29, 0.717) is 15.7 Å². The highest BCUT2D eigenvalue weighted by molar-refractivity contribution is 9.10. The maximum atomic E-state index is 12.2. The highest BCUT2D eigenvalue weighted by Gasteiger charge is 2.13. The summed E-state index contributed by atoms with van der Waals surface area (Å²) in [6.07, 6.45) is 0. The van der Waals surface area contributed by atoms with Crippen LogP contribution in [-0.2, 0) is 0 Å². The molecule has 0 bridgehead atoms. The van der Waals surface area contributed by atoms with Gasteiger partial charge in [0.05, 0.1) is 16.1 Å². The fourth-order valence-electron chi connectivity index (χ4n) is 1.77. The third kappa shape index (κ3) is 3.62. The van der Waals surface area contributed by atoms with Gasteiger partial charge in [-0.25, -0.2) is 4.79 Å². The van der Waals surface area contributed by atoms with Crippen molar-refractivity contribution in [2.75, 3.05) is 5.32 Å². The van der Waals surface area contributed by atoms with Gasteiger partial charge < -0.3 is 10.4 Å². The average molecular weight is 369 g/mol. The van der Waals surface area contributed by atoms with Crippen LogP contribution in [0.3, 0.4) is 0 Å². The topological polar surface area (TPSA) is 66.4 Å². The van der Waals surface area contributed by atoms with Crippen molar-refractivity contribution < 1.29 is 14.7 Å². The summed E-state index contributed by atoms with van der Waals surface area (Å²) in [6, 6.07) is 9.66. The molecular formula is C15H11BrClNO3. The van der Waals surface area contributed by atoms with Gasteiger partial charge in [-0.1, -0.05) is 17.7 Å². The van der Waals surface area contributed by atoms with Crippen LogP contribution in [0.4, 0.5) is 5.69 Å². The van der Waals surface area contributed by atoms with Crippen molar-refractivity contribution in [3.8, 4) is 0 Å². The highest BCUT2D eigenvalue weighted by atomic mass is 79.9. The van der Waals surface area contributed by atoms with Crippen molar-refractivity contribution in [2.45, 2.75) is 6.92 Å². The summed E-state index contributed by atoms with van der Waals surface area (Å²) in [5.41, 5.74) is 1.80. The number of carbonyl (C=O) groups is 2. The summed E-state index contributed by atoms with van der Waals surface area (Å²) in [4.78, 5) is 23.2. The first-order chi connectivity index (χ1) is 9.88. The van der Waals surface area contributed by atoms with Crippen molar-refractivity contribution in [3.05, 3.63) is 62.6 Å². The van der Waals surface area contributed by atoms with Gasteiger partial charge >= 0.3 is 5.97 Å². The van der Waals surface area contributed by atoms with Gasteiger partial charge in [-0.2, -0.15) is 0 Å². The molecule has 2 aromatic rings. The number of nitrogens with one attached hydrogen (secondary N) is 1. The Hall–Kier alpha value is -1.85. The molecule has 0 saturated carbocycles. The number of amides is 1. The molecule has 0 spiro atoms. The number of hydrogen-bond donors (Lipinski definition) is 2. The molecule has 1 amide bonds. The van der Waals surface area contributed by atoms with E-state index >= 15 is 0 Å². The Bertz CT molecular complexity index is 731. The van der Waals surface area contributed by atoms with E-state index < -0.39 is 5.97 Å². The number of anilines is 1. The first kappa shape index (κ1) is 15.5. The molecule has 0 saturated heterocycles. The Morgan fingerprint density at radius 2 is 1.86 bits per heavy atom. The fourth-order valence-corrected chi connectivity index (χ4v) is 2.64. The van der Waals surface area contributed by atoms with E-state index in [2.05, 4.69) is 21.2 Å². The molecule has 2 rings (SSSR count). The lowest BCUT2D eigenvalue weighted by Gasteiger charge is -2.09. The number of aryl methyl sites for hydroxylation is 1. The van der Waals surface area contributed by atoms with E-state index in [1.165, 1.54) is 12.1 Å². The SMILES string of the molecule is Cc1ccc(C(=O)Nc2ccc(Cl)c(C(=O)O)c2)c(Br)c1. The van der Waals surface area contributed by atoms with Crippen molar-refractivity contribution in [1.29, 1.82) is 0 Å². The van der Waals surface area contributed by atoms with Crippen molar-refractivity contribution in [3.63, 3.8) is 0 Å². The quantitative estimate of drug-likeness (QED) is 0.846. The summed E-state index contributed by atoms with van der Waals surface area (Å²) < 4.78 is 0.674. The molecule has 0 aliphatic heterocycles. The molecule has 0 aromatic heterocycles. The van der Waals surface area contributed by atoms with Crippen LogP contribution in [0.5, 0.6) is 0 Å². The lowest BCUT2D eigenvalue weighted by molar-refractivity contribution is 0.0696. The largest absolute Gasteiger partial charge is 0.478 e. The number of carboxylic acid groups (broad SMARTS) is 1. The van der Waals surface area contributed by atoms with Crippen LogP contribution in [0.15, 0.2) is 40.9 Å². The molecule has 0 unspecified atom stereocenters. The van der Waals surface area contributed by atoms with Gasteiger partial charge in [0.1, 0.15) is 0 Å². The number of aromatic carboxylic acids is 1. The Labute approximate surface area is 134 Å². The molecule has 108 valence electrons. The summed E-state index contributed by atoms with van der Waals surface area (Å²) in [7, 11) is 0. The standard InChI is InChI=1S/C15H11BrClNO3/c1-8-2-4-10(12(16)6-8)14(19)18-9-3-5-13(17)11(7-9)15(20)21/h2-7H,1H3,(H,18,19)(H,20,21). The molecule has 0 radical (unpaired) electrons. The number of benzene rings is 2. The monoisotopic (exact) mass is 367 g/mol. The molecule has 4 nitrogen and oxygen atoms in total. The molecule has 0 fully saturated rings. The minimum Gasteiger partial charge on any atom is -0.478 e. The second kappa shape index (κ2) is 6.28. The first-order valence-electron chi connectivity index (χ1n) is 5.99. The van der Waals surface area contributed by atoms with Gasteiger partial charge in [0.25, 0.3) is 5.91 Å². The molecule has 2 N–H and O–H groups in total. The Morgan fingerprint density at radius 3 is 2.48 bits per heavy atom. The van der Waals surface area contributed by atoms with Gasteiger partial charge in [-0.3, -0.25) is 4.79 Å². The number of halogens is 2. The van der Waals surface area contributed by atoms with E-state index in [1.54, 1.807) is 12.1 Å². The number of carbonyl (C=O) groups excluding carboxylic acids is 1. The van der Waals surface area contributed by atoms with Gasteiger partial charge in [0, 0.05) is 10.2 Å². The Balaban J connectivity index is 2.27.